The Morgan fingerprint density at radius 3 is 2.36 bits per heavy atom. The predicted molar refractivity (Wildman–Crippen MR) is 145 cm³/mol. The van der Waals surface area contributed by atoms with Gasteiger partial charge in [0.25, 0.3) is 0 Å². The Balaban J connectivity index is 1.81. The van der Waals surface area contributed by atoms with E-state index in [1.807, 2.05) is 0 Å². The molecular weight excluding hydrogens is 521 g/mol. The van der Waals surface area contributed by atoms with Crippen molar-refractivity contribution in [1.29, 1.82) is 0 Å². The van der Waals surface area contributed by atoms with Crippen LogP contribution in [0.15, 0.2) is 42.5 Å². The highest BCUT2D eigenvalue weighted by atomic mass is 127. The summed E-state index contributed by atoms with van der Waals surface area (Å²) in [6.45, 7) is 6.63. The van der Waals surface area contributed by atoms with Crippen LogP contribution < -0.4 is 9.47 Å². The van der Waals surface area contributed by atoms with Crippen molar-refractivity contribution in [1.82, 2.24) is 4.98 Å². The minimum atomic E-state index is 0.350. The summed E-state index contributed by atoms with van der Waals surface area (Å²) in [5.74, 6) is 2.28. The molecule has 2 unspecified atom stereocenters. The molecule has 0 bridgehead atoms. The molecule has 174 valence electrons. The van der Waals surface area contributed by atoms with Gasteiger partial charge in [-0.05, 0) is 73.4 Å². The van der Waals surface area contributed by atoms with Gasteiger partial charge in [-0.1, -0.05) is 60.7 Å². The molecule has 3 aromatic rings. The molecule has 0 N–H and O–H groups in total. The monoisotopic (exact) mass is 555 g/mol. The fourth-order valence-electron chi connectivity index (χ4n) is 5.27. The molecule has 2 aromatic carbocycles. The van der Waals surface area contributed by atoms with Gasteiger partial charge >= 0.3 is 0 Å². The molecule has 0 amide bonds. The maximum absolute atomic E-state index is 6.04. The van der Waals surface area contributed by atoms with Crippen LogP contribution in [0.3, 0.4) is 0 Å². The zero-order valence-electron chi connectivity index (χ0n) is 20.4. The predicted octanol–water partition coefficient (Wildman–Crippen LogP) is 7.80. The SMILES string of the molecule is CCc1cccc(CC)c1-c1cc(OC)c2c(n1)CCCC2C(I)c1ccc(OC)cc1C. The summed E-state index contributed by atoms with van der Waals surface area (Å²) in [7, 11) is 3.53. The molecule has 0 saturated heterocycles. The Morgan fingerprint density at radius 1 is 1.03 bits per heavy atom. The number of benzene rings is 2. The van der Waals surface area contributed by atoms with Crippen LogP contribution in [0.4, 0.5) is 0 Å². The van der Waals surface area contributed by atoms with Crippen LogP contribution in [-0.4, -0.2) is 19.2 Å². The average Bonchev–Trinajstić information content (AvgIpc) is 2.86. The molecule has 0 aliphatic heterocycles. The second-order valence-corrected chi connectivity index (χ2v) is 10.2. The fraction of sp³-hybridized carbons (Fsp3) is 0.414. The summed E-state index contributed by atoms with van der Waals surface area (Å²) in [6.07, 6.45) is 5.31. The third kappa shape index (κ3) is 4.64. The lowest BCUT2D eigenvalue weighted by Gasteiger charge is -2.32. The van der Waals surface area contributed by atoms with Crippen LogP contribution >= 0.6 is 22.6 Å². The highest BCUT2D eigenvalue weighted by molar-refractivity contribution is 14.1. The van der Waals surface area contributed by atoms with Crippen LogP contribution in [0.5, 0.6) is 11.5 Å². The van der Waals surface area contributed by atoms with Gasteiger partial charge in [0.2, 0.25) is 0 Å². The Kier molecular flexibility index (Phi) is 7.62. The van der Waals surface area contributed by atoms with Crippen LogP contribution in [0.2, 0.25) is 0 Å². The number of methoxy groups -OCH3 is 2. The zero-order valence-corrected chi connectivity index (χ0v) is 22.5. The number of fused-ring (bicyclic) bond motifs is 1. The van der Waals surface area contributed by atoms with Gasteiger partial charge in [0.15, 0.2) is 0 Å². The van der Waals surface area contributed by atoms with E-state index in [2.05, 4.69) is 85.8 Å². The number of halogens is 1. The minimum absolute atomic E-state index is 0.350. The van der Waals surface area contributed by atoms with E-state index in [9.17, 15) is 0 Å². The Hall–Kier alpha value is -2.08. The Labute approximate surface area is 212 Å². The number of hydrogen-bond donors (Lipinski definition) is 0. The highest BCUT2D eigenvalue weighted by Crippen LogP contribution is 2.50. The number of hydrogen-bond acceptors (Lipinski definition) is 3. The van der Waals surface area contributed by atoms with Crippen LogP contribution in [0.1, 0.15) is 70.0 Å². The van der Waals surface area contributed by atoms with Gasteiger partial charge in [-0.3, -0.25) is 4.98 Å². The molecule has 0 spiro atoms. The topological polar surface area (TPSA) is 31.4 Å². The Bertz CT molecular complexity index is 1100. The molecule has 0 fully saturated rings. The summed E-state index contributed by atoms with van der Waals surface area (Å²) in [5, 5.41) is 0. The molecule has 1 aliphatic carbocycles. The maximum atomic E-state index is 6.04. The number of alkyl halides is 1. The minimum Gasteiger partial charge on any atom is -0.497 e. The molecule has 0 radical (unpaired) electrons. The number of rotatable bonds is 7. The van der Waals surface area contributed by atoms with Gasteiger partial charge in [-0.15, -0.1) is 0 Å². The number of aromatic nitrogens is 1. The molecule has 0 saturated carbocycles. The molecular formula is C29H34INO2. The van der Waals surface area contributed by atoms with Crippen molar-refractivity contribution in [3.05, 3.63) is 76.0 Å². The second-order valence-electron chi connectivity index (χ2n) is 8.85. The summed E-state index contributed by atoms with van der Waals surface area (Å²) < 4.78 is 11.8. The quantitative estimate of drug-likeness (QED) is 0.220. The summed E-state index contributed by atoms with van der Waals surface area (Å²) >= 11 is 2.62. The van der Waals surface area contributed by atoms with Gasteiger partial charge in [0.05, 0.1) is 19.9 Å². The van der Waals surface area contributed by atoms with E-state index in [1.54, 1.807) is 14.2 Å². The first-order valence-electron chi connectivity index (χ1n) is 12.0. The normalized spacial score (nSPS) is 16.2. The van der Waals surface area contributed by atoms with Crippen molar-refractivity contribution in [3.8, 4) is 22.8 Å². The van der Waals surface area contributed by atoms with Gasteiger partial charge < -0.3 is 9.47 Å². The van der Waals surface area contributed by atoms with E-state index in [0.29, 0.717) is 9.84 Å². The van der Waals surface area contributed by atoms with Gasteiger partial charge in [0, 0.05) is 32.7 Å². The van der Waals surface area contributed by atoms with Crippen molar-refractivity contribution in [2.45, 2.75) is 62.7 Å². The summed E-state index contributed by atoms with van der Waals surface area (Å²) in [4.78, 5) is 5.28. The summed E-state index contributed by atoms with van der Waals surface area (Å²) in [6, 6.07) is 15.3. The van der Waals surface area contributed by atoms with Crippen molar-refractivity contribution in [2.24, 2.45) is 0 Å². The number of nitrogens with zero attached hydrogens (tertiary/aromatic N) is 1. The number of pyridine rings is 1. The van der Waals surface area contributed by atoms with E-state index < -0.39 is 0 Å². The van der Waals surface area contributed by atoms with E-state index in [4.69, 9.17) is 14.5 Å². The van der Waals surface area contributed by atoms with E-state index in [0.717, 1.165) is 49.3 Å². The molecule has 4 rings (SSSR count). The van der Waals surface area contributed by atoms with Crippen molar-refractivity contribution < 1.29 is 9.47 Å². The van der Waals surface area contributed by atoms with Crippen molar-refractivity contribution in [2.75, 3.05) is 14.2 Å². The van der Waals surface area contributed by atoms with Gasteiger partial charge in [-0.2, -0.15) is 0 Å². The maximum Gasteiger partial charge on any atom is 0.126 e. The standard InChI is InChI=1S/C29H34INO2/c1-6-19-10-8-11-20(7-2)27(19)25-17-26(33-5)28-23(12-9-13-24(28)31-25)29(30)22-15-14-21(32-4)16-18(22)3/h8,10-11,14-17,23,29H,6-7,9,12-13H2,1-5H3. The van der Waals surface area contributed by atoms with E-state index in [1.165, 1.54) is 39.1 Å². The lowest BCUT2D eigenvalue weighted by Crippen LogP contribution is -2.18. The summed E-state index contributed by atoms with van der Waals surface area (Å²) in [5.41, 5.74) is 10.2. The van der Waals surface area contributed by atoms with Crippen LogP contribution in [0, 0.1) is 6.92 Å². The van der Waals surface area contributed by atoms with Crippen LogP contribution in [0.25, 0.3) is 11.3 Å². The zero-order chi connectivity index (χ0) is 23.5. The number of aryl methyl sites for hydroxylation is 4. The molecule has 2 atom stereocenters. The third-order valence-electron chi connectivity index (χ3n) is 7.00. The second kappa shape index (κ2) is 10.5. The smallest absolute Gasteiger partial charge is 0.126 e. The van der Waals surface area contributed by atoms with Gasteiger partial charge in [0.1, 0.15) is 11.5 Å². The molecule has 1 aromatic heterocycles. The third-order valence-corrected chi connectivity index (χ3v) is 8.54. The Morgan fingerprint density at radius 2 is 1.76 bits per heavy atom. The molecule has 1 aliphatic rings. The molecule has 3 nitrogen and oxygen atoms in total. The first-order valence-corrected chi connectivity index (χ1v) is 13.2. The first kappa shape index (κ1) is 24.1. The highest BCUT2D eigenvalue weighted by Gasteiger charge is 2.32. The number of ether oxygens (including phenoxy) is 2. The fourth-order valence-corrected chi connectivity index (χ4v) is 6.68. The molecule has 4 heteroatoms. The van der Waals surface area contributed by atoms with Crippen LogP contribution in [-0.2, 0) is 19.3 Å². The van der Waals surface area contributed by atoms with Crippen molar-refractivity contribution >= 4 is 22.6 Å². The lowest BCUT2D eigenvalue weighted by atomic mass is 9.80. The largest absolute Gasteiger partial charge is 0.497 e. The van der Waals surface area contributed by atoms with E-state index >= 15 is 0 Å². The first-order chi connectivity index (χ1) is 16.0. The van der Waals surface area contributed by atoms with E-state index in [-0.39, 0.29) is 0 Å². The average molecular weight is 556 g/mol. The lowest BCUT2D eigenvalue weighted by molar-refractivity contribution is 0.395. The van der Waals surface area contributed by atoms with Crippen molar-refractivity contribution in [3.63, 3.8) is 0 Å². The molecule has 1 heterocycles. The molecule has 33 heavy (non-hydrogen) atoms. The van der Waals surface area contributed by atoms with Gasteiger partial charge in [-0.25, -0.2) is 0 Å².